The van der Waals surface area contributed by atoms with Gasteiger partial charge in [0, 0.05) is 15.3 Å². The Morgan fingerprint density at radius 2 is 1.67 bits per heavy atom. The number of halogens is 1. The van der Waals surface area contributed by atoms with Crippen LogP contribution in [0.1, 0.15) is 37.9 Å². The molecule has 1 atom stereocenters. The van der Waals surface area contributed by atoms with Crippen LogP contribution in [0.4, 0.5) is 5.69 Å². The van der Waals surface area contributed by atoms with E-state index in [4.69, 9.17) is 4.74 Å². The number of aryl methyl sites for hydroxylation is 1. The molecule has 0 heterocycles. The molecule has 2 aromatic rings. The Labute approximate surface area is 141 Å². The van der Waals surface area contributed by atoms with Gasteiger partial charge in [0.05, 0.1) is 6.10 Å². The summed E-state index contributed by atoms with van der Waals surface area (Å²) in [5.41, 5.74) is 3.71. The zero-order valence-electron chi connectivity index (χ0n) is 13.0. The van der Waals surface area contributed by atoms with Gasteiger partial charge in [-0.2, -0.15) is 0 Å². The molecule has 1 unspecified atom stereocenters. The summed E-state index contributed by atoms with van der Waals surface area (Å²) in [5, 5.41) is 3.57. The van der Waals surface area contributed by atoms with Crippen molar-refractivity contribution < 1.29 is 4.74 Å². The van der Waals surface area contributed by atoms with E-state index < -0.39 is 0 Å². The maximum atomic E-state index is 5.68. The van der Waals surface area contributed by atoms with Crippen LogP contribution < -0.4 is 10.1 Å². The van der Waals surface area contributed by atoms with Crippen LogP contribution >= 0.6 is 22.6 Å². The van der Waals surface area contributed by atoms with Crippen molar-refractivity contribution in [1.82, 2.24) is 0 Å². The van der Waals surface area contributed by atoms with Gasteiger partial charge in [0.1, 0.15) is 5.75 Å². The molecule has 0 spiro atoms. The highest BCUT2D eigenvalue weighted by atomic mass is 127. The van der Waals surface area contributed by atoms with E-state index in [1.54, 1.807) is 0 Å². The first kappa shape index (κ1) is 16.1. The van der Waals surface area contributed by atoms with Crippen LogP contribution in [0.5, 0.6) is 5.75 Å². The van der Waals surface area contributed by atoms with E-state index in [9.17, 15) is 0 Å². The Morgan fingerprint density at radius 1 is 1.00 bits per heavy atom. The molecule has 0 bridgehead atoms. The lowest BCUT2D eigenvalue weighted by Crippen LogP contribution is -2.08. The maximum Gasteiger partial charge on any atom is 0.119 e. The van der Waals surface area contributed by atoms with Gasteiger partial charge < -0.3 is 10.1 Å². The molecule has 0 saturated heterocycles. The number of ether oxygens (including phenoxy) is 1. The normalized spacial score (nSPS) is 12.3. The maximum absolute atomic E-state index is 5.68. The largest absolute Gasteiger partial charge is 0.491 e. The fraction of sp³-hybridized carbons (Fsp3) is 0.333. The second-order valence-corrected chi connectivity index (χ2v) is 6.81. The van der Waals surface area contributed by atoms with Gasteiger partial charge in [-0.15, -0.1) is 0 Å². The molecule has 0 amide bonds. The Bertz CT molecular complexity index is 593. The first-order chi connectivity index (χ1) is 9.95. The summed E-state index contributed by atoms with van der Waals surface area (Å²) in [7, 11) is 0. The van der Waals surface area contributed by atoms with E-state index in [1.165, 1.54) is 20.4 Å². The van der Waals surface area contributed by atoms with E-state index in [0.717, 1.165) is 5.75 Å². The monoisotopic (exact) mass is 395 g/mol. The zero-order chi connectivity index (χ0) is 15.4. The average Bonchev–Trinajstić information content (AvgIpc) is 2.42. The summed E-state index contributed by atoms with van der Waals surface area (Å²) >= 11 is 2.34. The first-order valence-corrected chi connectivity index (χ1v) is 8.33. The van der Waals surface area contributed by atoms with Gasteiger partial charge in [-0.3, -0.25) is 0 Å². The molecule has 2 aromatic carbocycles. The van der Waals surface area contributed by atoms with Gasteiger partial charge in [-0.1, -0.05) is 12.1 Å². The van der Waals surface area contributed by atoms with E-state index in [1.807, 2.05) is 26.0 Å². The summed E-state index contributed by atoms with van der Waals surface area (Å²) < 4.78 is 6.94. The van der Waals surface area contributed by atoms with E-state index in [-0.39, 0.29) is 12.1 Å². The zero-order valence-corrected chi connectivity index (χ0v) is 15.1. The van der Waals surface area contributed by atoms with Crippen LogP contribution in [0.15, 0.2) is 42.5 Å². The van der Waals surface area contributed by atoms with Gasteiger partial charge in [0.15, 0.2) is 0 Å². The molecule has 3 heteroatoms. The van der Waals surface area contributed by atoms with Gasteiger partial charge in [0.25, 0.3) is 0 Å². The Kier molecular flexibility index (Phi) is 5.51. The standard InChI is InChI=1S/C18H22INO/c1-12(2)21-17-8-5-15(6-9-17)14(4)20-18-10-7-16(19)11-13(18)3/h5-12,14,20H,1-4H3. The van der Waals surface area contributed by atoms with Gasteiger partial charge in [-0.25, -0.2) is 0 Å². The molecule has 0 aliphatic carbocycles. The molecule has 0 fully saturated rings. The lowest BCUT2D eigenvalue weighted by atomic mass is 10.1. The van der Waals surface area contributed by atoms with Crippen molar-refractivity contribution in [3.8, 4) is 5.75 Å². The molecule has 21 heavy (non-hydrogen) atoms. The van der Waals surface area contributed by atoms with Crippen molar-refractivity contribution >= 4 is 28.3 Å². The quantitative estimate of drug-likeness (QED) is 0.670. The number of hydrogen-bond donors (Lipinski definition) is 1. The smallest absolute Gasteiger partial charge is 0.119 e. The second-order valence-electron chi connectivity index (χ2n) is 5.56. The third-order valence-electron chi connectivity index (χ3n) is 3.31. The third kappa shape index (κ3) is 4.63. The van der Waals surface area contributed by atoms with Crippen LogP contribution in [0.3, 0.4) is 0 Å². The van der Waals surface area contributed by atoms with Crippen molar-refractivity contribution in [3.63, 3.8) is 0 Å². The van der Waals surface area contributed by atoms with Crippen LogP contribution in [0, 0.1) is 10.5 Å². The van der Waals surface area contributed by atoms with Crippen molar-refractivity contribution in [2.45, 2.75) is 39.8 Å². The minimum absolute atomic E-state index is 0.209. The van der Waals surface area contributed by atoms with Crippen LogP contribution in [-0.2, 0) is 0 Å². The summed E-state index contributed by atoms with van der Waals surface area (Å²) in [6.45, 7) is 8.39. The topological polar surface area (TPSA) is 21.3 Å². The number of benzene rings is 2. The summed E-state index contributed by atoms with van der Waals surface area (Å²) in [5.74, 6) is 0.923. The lowest BCUT2D eigenvalue weighted by molar-refractivity contribution is 0.242. The number of nitrogens with one attached hydrogen (secondary N) is 1. The molecular weight excluding hydrogens is 373 g/mol. The van der Waals surface area contributed by atoms with E-state index >= 15 is 0 Å². The molecule has 0 aliphatic heterocycles. The average molecular weight is 395 g/mol. The van der Waals surface area contributed by atoms with E-state index in [2.05, 4.69) is 72.1 Å². The highest BCUT2D eigenvalue weighted by Crippen LogP contribution is 2.25. The summed E-state index contributed by atoms with van der Waals surface area (Å²) in [4.78, 5) is 0. The van der Waals surface area contributed by atoms with Crippen LogP contribution in [0.25, 0.3) is 0 Å². The van der Waals surface area contributed by atoms with Crippen LogP contribution in [0.2, 0.25) is 0 Å². The third-order valence-corrected chi connectivity index (χ3v) is 3.98. The predicted octanol–water partition coefficient (Wildman–Crippen LogP) is 5.56. The second kappa shape index (κ2) is 7.16. The van der Waals surface area contributed by atoms with Gasteiger partial charge in [-0.05, 0) is 91.7 Å². The van der Waals surface area contributed by atoms with Crippen molar-refractivity contribution in [2.24, 2.45) is 0 Å². The fourth-order valence-corrected chi connectivity index (χ4v) is 2.86. The first-order valence-electron chi connectivity index (χ1n) is 7.25. The summed E-state index contributed by atoms with van der Waals surface area (Å²) in [6, 6.07) is 15.0. The van der Waals surface area contributed by atoms with Gasteiger partial charge in [0.2, 0.25) is 0 Å². The predicted molar refractivity (Wildman–Crippen MR) is 98.1 cm³/mol. The number of anilines is 1. The molecule has 0 radical (unpaired) electrons. The molecule has 1 N–H and O–H groups in total. The fourth-order valence-electron chi connectivity index (χ4n) is 2.21. The van der Waals surface area contributed by atoms with Crippen molar-refractivity contribution in [3.05, 3.63) is 57.2 Å². The molecule has 2 rings (SSSR count). The molecule has 0 aromatic heterocycles. The molecule has 2 nitrogen and oxygen atoms in total. The number of hydrogen-bond acceptors (Lipinski definition) is 2. The van der Waals surface area contributed by atoms with E-state index in [0.29, 0.717) is 0 Å². The highest BCUT2D eigenvalue weighted by molar-refractivity contribution is 14.1. The number of rotatable bonds is 5. The SMILES string of the molecule is Cc1cc(I)ccc1NC(C)c1ccc(OC(C)C)cc1. The minimum atomic E-state index is 0.209. The summed E-state index contributed by atoms with van der Waals surface area (Å²) in [6.07, 6.45) is 0.209. The van der Waals surface area contributed by atoms with Crippen molar-refractivity contribution in [1.29, 1.82) is 0 Å². The van der Waals surface area contributed by atoms with Crippen molar-refractivity contribution in [2.75, 3.05) is 5.32 Å². The van der Waals surface area contributed by atoms with Crippen LogP contribution in [-0.4, -0.2) is 6.10 Å². The van der Waals surface area contributed by atoms with Gasteiger partial charge >= 0.3 is 0 Å². The highest BCUT2D eigenvalue weighted by Gasteiger charge is 2.08. The molecule has 112 valence electrons. The molecular formula is C18H22INO. The Morgan fingerprint density at radius 3 is 2.24 bits per heavy atom. The Balaban J connectivity index is 2.07. The lowest BCUT2D eigenvalue weighted by Gasteiger charge is -2.18. The minimum Gasteiger partial charge on any atom is -0.491 e. The molecule has 0 aliphatic rings. The Hall–Kier alpha value is -1.23. The molecule has 0 saturated carbocycles.